The standard InChI is InChI=1S/C25H29N3O14S2/c1-39-17(10-13-6-8-15(9-7-13)42-44(36,37)38)22(34)41-11-14-12-43-24-25(40-2,23(35)28(24)19(14)21(32)33)27-18(29)5-3-4-16(26)20(30)31/h6-10,16,24H,3-5,11-12,26H2,1-2H3,(H,27,29)(H,30,31)(H,32,33)(H,36,37,38)/t16?,24-,25?/m0/s1. The molecule has 0 bridgehead atoms. The summed E-state index contributed by atoms with van der Waals surface area (Å²) in [5, 5.41) is 20.3. The Hall–Kier alpha value is -4.17. The largest absolute Gasteiger partial charge is 0.490 e. The lowest BCUT2D eigenvalue weighted by Crippen LogP contribution is -2.80. The number of esters is 1. The molecule has 1 fully saturated rings. The number of carbonyl (C=O) groups is 5. The van der Waals surface area contributed by atoms with Crippen LogP contribution in [0.4, 0.5) is 0 Å². The van der Waals surface area contributed by atoms with Crippen molar-refractivity contribution in [3.63, 3.8) is 0 Å². The van der Waals surface area contributed by atoms with Crippen molar-refractivity contribution in [3.05, 3.63) is 46.9 Å². The van der Waals surface area contributed by atoms with Gasteiger partial charge in [0.25, 0.3) is 11.6 Å². The number of rotatable bonds is 15. The molecule has 0 radical (unpaired) electrons. The molecule has 2 heterocycles. The van der Waals surface area contributed by atoms with Gasteiger partial charge in [-0.3, -0.25) is 23.8 Å². The van der Waals surface area contributed by atoms with Crippen molar-refractivity contribution >= 4 is 58.0 Å². The highest BCUT2D eigenvalue weighted by Gasteiger charge is 2.66. The zero-order valence-electron chi connectivity index (χ0n) is 23.3. The van der Waals surface area contributed by atoms with Crippen LogP contribution in [0.15, 0.2) is 41.3 Å². The van der Waals surface area contributed by atoms with Gasteiger partial charge in [0.15, 0.2) is 0 Å². The summed E-state index contributed by atoms with van der Waals surface area (Å²) in [5.74, 6) is -5.67. The van der Waals surface area contributed by atoms with Gasteiger partial charge in [-0.15, -0.1) is 11.8 Å². The predicted molar refractivity (Wildman–Crippen MR) is 150 cm³/mol. The molecule has 17 nitrogen and oxygen atoms in total. The van der Waals surface area contributed by atoms with Gasteiger partial charge >= 0.3 is 28.3 Å². The number of aliphatic carboxylic acids is 2. The van der Waals surface area contributed by atoms with Crippen LogP contribution >= 0.6 is 11.8 Å². The number of nitrogens with one attached hydrogen (secondary N) is 1. The molecular weight excluding hydrogens is 630 g/mol. The molecule has 0 saturated carbocycles. The first-order valence-corrected chi connectivity index (χ1v) is 15.0. The quantitative estimate of drug-likeness (QED) is 0.0404. The smallest absolute Gasteiger partial charge is 0.446 e. The lowest BCUT2D eigenvalue weighted by Gasteiger charge is -2.55. The summed E-state index contributed by atoms with van der Waals surface area (Å²) in [4.78, 5) is 62.4. The van der Waals surface area contributed by atoms with Crippen LogP contribution in [0.1, 0.15) is 24.8 Å². The van der Waals surface area contributed by atoms with E-state index in [2.05, 4.69) is 9.50 Å². The van der Waals surface area contributed by atoms with Crippen LogP contribution in [-0.2, 0) is 48.6 Å². The van der Waals surface area contributed by atoms with E-state index < -0.39 is 69.6 Å². The Balaban J connectivity index is 1.69. The fourth-order valence-electron chi connectivity index (χ4n) is 4.25. The van der Waals surface area contributed by atoms with Crippen LogP contribution < -0.4 is 15.2 Å². The van der Waals surface area contributed by atoms with Crippen molar-refractivity contribution in [1.82, 2.24) is 10.2 Å². The molecule has 240 valence electrons. The van der Waals surface area contributed by atoms with Gasteiger partial charge in [-0.05, 0) is 36.6 Å². The zero-order chi connectivity index (χ0) is 32.8. The SMILES string of the molecule is COC(=Cc1ccc(OS(=O)(=O)O)cc1)C(=O)OCC1=C(C(=O)O)N2C(=O)C(NC(=O)CCCC(N)C(=O)O)(OC)[C@@H]2SC1. The van der Waals surface area contributed by atoms with Crippen molar-refractivity contribution < 1.29 is 65.5 Å². The topological polar surface area (TPSA) is 258 Å². The molecule has 0 aromatic heterocycles. The van der Waals surface area contributed by atoms with Gasteiger partial charge in [-0.2, -0.15) is 8.42 Å². The molecule has 2 amide bonds. The summed E-state index contributed by atoms with van der Waals surface area (Å²) in [6, 6.07) is 3.98. The fourth-order valence-corrected chi connectivity index (χ4v) is 6.02. The van der Waals surface area contributed by atoms with E-state index in [0.717, 1.165) is 16.7 Å². The predicted octanol–water partition coefficient (Wildman–Crippen LogP) is -0.306. The number of carbonyl (C=O) groups excluding carboxylic acids is 3. The van der Waals surface area contributed by atoms with Crippen LogP contribution in [0.5, 0.6) is 5.75 Å². The average molecular weight is 660 g/mol. The van der Waals surface area contributed by atoms with Crippen molar-refractivity contribution in [3.8, 4) is 5.75 Å². The number of benzene rings is 1. The molecule has 3 atom stereocenters. The van der Waals surface area contributed by atoms with Crippen LogP contribution in [0.25, 0.3) is 6.08 Å². The number of amides is 2. The Labute approximate surface area is 254 Å². The Morgan fingerprint density at radius 2 is 1.86 bits per heavy atom. The number of nitrogens with zero attached hydrogens (tertiary/aromatic N) is 1. The maximum absolute atomic E-state index is 13.2. The molecule has 1 aromatic carbocycles. The van der Waals surface area contributed by atoms with Gasteiger partial charge in [0.1, 0.15) is 29.5 Å². The minimum atomic E-state index is -4.72. The maximum Gasteiger partial charge on any atom is 0.446 e. The van der Waals surface area contributed by atoms with E-state index in [4.69, 9.17) is 29.6 Å². The Morgan fingerprint density at radius 1 is 1.20 bits per heavy atom. The van der Waals surface area contributed by atoms with E-state index in [9.17, 15) is 37.5 Å². The van der Waals surface area contributed by atoms with Gasteiger partial charge in [0.05, 0.1) is 7.11 Å². The number of fused-ring (bicyclic) bond motifs is 1. The van der Waals surface area contributed by atoms with E-state index in [0.29, 0.717) is 5.56 Å². The maximum atomic E-state index is 13.2. The van der Waals surface area contributed by atoms with Crippen molar-refractivity contribution in [2.24, 2.45) is 5.73 Å². The molecule has 1 aromatic rings. The molecule has 2 unspecified atom stereocenters. The van der Waals surface area contributed by atoms with Crippen molar-refractivity contribution in [1.29, 1.82) is 0 Å². The molecule has 2 aliphatic heterocycles. The summed E-state index contributed by atoms with van der Waals surface area (Å²) in [6.45, 7) is -0.526. The summed E-state index contributed by atoms with van der Waals surface area (Å²) >= 11 is 1.06. The van der Waals surface area contributed by atoms with Gasteiger partial charge in [-0.25, -0.2) is 9.59 Å². The number of methoxy groups -OCH3 is 2. The van der Waals surface area contributed by atoms with Gasteiger partial charge in [0, 0.05) is 24.9 Å². The fraction of sp³-hybridized carbons (Fsp3) is 0.400. The van der Waals surface area contributed by atoms with Crippen LogP contribution in [-0.4, -0.2) is 102 Å². The third-order valence-electron chi connectivity index (χ3n) is 6.37. The van der Waals surface area contributed by atoms with Crippen molar-refractivity contribution in [2.45, 2.75) is 36.4 Å². The lowest BCUT2D eigenvalue weighted by molar-refractivity contribution is -0.192. The first-order chi connectivity index (χ1) is 20.6. The highest BCUT2D eigenvalue weighted by molar-refractivity contribution is 8.00. The van der Waals surface area contributed by atoms with Gasteiger partial charge in [-0.1, -0.05) is 12.1 Å². The van der Waals surface area contributed by atoms with E-state index in [1.54, 1.807) is 0 Å². The Kier molecular flexibility index (Phi) is 11.0. The molecule has 1 saturated heterocycles. The molecule has 0 aliphatic carbocycles. The Bertz CT molecular complexity index is 1490. The monoisotopic (exact) mass is 659 g/mol. The molecule has 19 heteroatoms. The number of hydrogen-bond acceptors (Lipinski definition) is 13. The number of nitrogens with two attached hydrogens (primary N) is 1. The second-order valence-corrected chi connectivity index (χ2v) is 11.4. The summed E-state index contributed by atoms with van der Waals surface area (Å²) in [7, 11) is -2.36. The minimum absolute atomic E-state index is 0.0148. The number of hydrogen-bond donors (Lipinski definition) is 5. The number of β-lactam (4-membered cyclic amide) rings is 1. The molecular formula is C25H29N3O14S2. The highest BCUT2D eigenvalue weighted by Crippen LogP contribution is 2.46. The van der Waals surface area contributed by atoms with Gasteiger partial charge < -0.3 is 39.7 Å². The average Bonchev–Trinajstić information content (AvgIpc) is 2.96. The second-order valence-electron chi connectivity index (χ2n) is 9.29. The van der Waals surface area contributed by atoms with Crippen LogP contribution in [0.3, 0.4) is 0 Å². The normalized spacial score (nSPS) is 20.6. The summed E-state index contributed by atoms with van der Waals surface area (Å²) in [6.07, 6.45) is 1.24. The lowest BCUT2D eigenvalue weighted by atomic mass is 9.97. The molecule has 3 rings (SSSR count). The molecule has 6 N–H and O–H groups in total. The molecule has 44 heavy (non-hydrogen) atoms. The molecule has 0 spiro atoms. The van der Waals surface area contributed by atoms with Crippen LogP contribution in [0, 0.1) is 0 Å². The highest BCUT2D eigenvalue weighted by atomic mass is 32.3. The van der Waals surface area contributed by atoms with Crippen LogP contribution in [0.2, 0.25) is 0 Å². The first kappa shape index (κ1) is 34.3. The van der Waals surface area contributed by atoms with Gasteiger partial charge in [0.2, 0.25) is 11.7 Å². The first-order valence-electron chi connectivity index (χ1n) is 12.6. The van der Waals surface area contributed by atoms with E-state index in [1.807, 2.05) is 0 Å². The Morgan fingerprint density at radius 3 is 2.41 bits per heavy atom. The van der Waals surface area contributed by atoms with E-state index in [1.165, 1.54) is 44.6 Å². The zero-order valence-corrected chi connectivity index (χ0v) is 24.9. The molecule has 2 aliphatic rings. The van der Waals surface area contributed by atoms with E-state index >= 15 is 0 Å². The van der Waals surface area contributed by atoms with Crippen molar-refractivity contribution in [2.75, 3.05) is 26.6 Å². The second kappa shape index (κ2) is 14.1. The number of carboxylic acid groups (broad SMARTS) is 2. The number of thioether (sulfide) groups is 1. The third-order valence-corrected chi connectivity index (χ3v) is 8.15. The summed E-state index contributed by atoms with van der Waals surface area (Å²) in [5.41, 5.74) is 3.56. The van der Waals surface area contributed by atoms with E-state index in [-0.39, 0.29) is 42.1 Å². The number of ether oxygens (including phenoxy) is 3. The summed E-state index contributed by atoms with van der Waals surface area (Å²) < 4.78 is 50.4. The minimum Gasteiger partial charge on any atom is -0.490 e. The number of carboxylic acids is 2. The third kappa shape index (κ3) is 7.85.